The predicted octanol–water partition coefficient (Wildman–Crippen LogP) is 7.23. The minimum Gasteiger partial charge on any atom is -0.493 e. The smallest absolute Gasteiger partial charge is 0.316 e. The second-order valence-corrected chi connectivity index (χ2v) is 11.1. The minimum atomic E-state index is -0.639. The van der Waals surface area contributed by atoms with Gasteiger partial charge in [-0.15, -0.1) is 0 Å². The molecule has 0 radical (unpaired) electrons. The highest BCUT2D eigenvalue weighted by atomic mass is 16.5. The fourth-order valence-electron chi connectivity index (χ4n) is 3.11. The number of esters is 2. The number of rotatable bonds is 10. The zero-order chi connectivity index (χ0) is 27.8. The van der Waals surface area contributed by atoms with Crippen LogP contribution >= 0.6 is 0 Å². The predicted molar refractivity (Wildman–Crippen MR) is 146 cm³/mol. The lowest BCUT2D eigenvalue weighted by Crippen LogP contribution is -2.26. The molecule has 0 saturated carbocycles. The molecule has 200 valence electrons. The average Bonchev–Trinajstić information content (AvgIpc) is 2.82. The van der Waals surface area contributed by atoms with Crippen molar-refractivity contribution in [1.82, 2.24) is 0 Å². The van der Waals surface area contributed by atoms with Gasteiger partial charge in [-0.05, 0) is 102 Å². The monoisotopic (exact) mass is 508 g/mol. The molecule has 0 fully saturated rings. The summed E-state index contributed by atoms with van der Waals surface area (Å²) in [5.74, 6) is 0.561. The van der Waals surface area contributed by atoms with Crippen LogP contribution in [0.5, 0.6) is 17.2 Å². The molecule has 0 amide bonds. The van der Waals surface area contributed by atoms with Crippen LogP contribution < -0.4 is 14.2 Å². The molecule has 0 spiro atoms. The van der Waals surface area contributed by atoms with E-state index >= 15 is 0 Å². The summed E-state index contributed by atoms with van der Waals surface area (Å²) in [6.07, 6.45) is 5.59. The van der Waals surface area contributed by atoms with Gasteiger partial charge in [-0.3, -0.25) is 14.4 Å². The summed E-state index contributed by atoms with van der Waals surface area (Å²) in [5, 5.41) is 0. The molecule has 0 heterocycles. The molecular formula is C31H40O6. The standard InChI is InChI=1S/C31H40O6/c1-9-11-22-19-23(26(35-18-10-2)20-27(22)37-29(34)31(6,7)8)14-17-25(32)21-12-15-24(16-13-21)36-28(33)30(3,4)5/h12-17,19-20H,9-11,18H2,1-8H3. The molecule has 2 aromatic rings. The summed E-state index contributed by atoms with van der Waals surface area (Å²) in [7, 11) is 0. The van der Waals surface area contributed by atoms with Crippen molar-refractivity contribution in [2.45, 2.75) is 74.7 Å². The summed E-state index contributed by atoms with van der Waals surface area (Å²) < 4.78 is 17.1. The Bertz CT molecular complexity index is 1130. The largest absolute Gasteiger partial charge is 0.493 e. The molecule has 0 saturated heterocycles. The topological polar surface area (TPSA) is 78.9 Å². The Morgan fingerprint density at radius 1 is 0.784 bits per heavy atom. The maximum absolute atomic E-state index is 12.9. The molecule has 0 atom stereocenters. The van der Waals surface area contributed by atoms with E-state index in [1.807, 2.05) is 33.8 Å². The molecule has 0 aliphatic heterocycles. The fourth-order valence-corrected chi connectivity index (χ4v) is 3.11. The van der Waals surface area contributed by atoms with Crippen LogP contribution in [0.4, 0.5) is 0 Å². The number of carbonyl (C=O) groups excluding carboxylic acids is 3. The summed E-state index contributed by atoms with van der Waals surface area (Å²) >= 11 is 0. The number of ether oxygens (including phenoxy) is 3. The van der Waals surface area contributed by atoms with E-state index in [1.54, 1.807) is 57.2 Å². The number of ketones is 1. The lowest BCUT2D eigenvalue weighted by Gasteiger charge is -2.20. The minimum absolute atomic E-state index is 0.199. The van der Waals surface area contributed by atoms with E-state index in [2.05, 4.69) is 6.92 Å². The number of benzene rings is 2. The second kappa shape index (κ2) is 12.7. The first-order valence-electron chi connectivity index (χ1n) is 12.8. The van der Waals surface area contributed by atoms with Gasteiger partial charge in [0.1, 0.15) is 17.2 Å². The lowest BCUT2D eigenvalue weighted by atomic mass is 9.97. The zero-order valence-corrected chi connectivity index (χ0v) is 23.4. The van der Waals surface area contributed by atoms with Gasteiger partial charge in [0, 0.05) is 17.2 Å². The van der Waals surface area contributed by atoms with E-state index < -0.39 is 10.8 Å². The van der Waals surface area contributed by atoms with E-state index in [0.717, 1.165) is 24.0 Å². The number of hydrogen-bond acceptors (Lipinski definition) is 6. The molecule has 2 aromatic carbocycles. The Morgan fingerprint density at radius 2 is 1.38 bits per heavy atom. The van der Waals surface area contributed by atoms with Crippen LogP contribution in [-0.2, 0) is 16.0 Å². The van der Waals surface area contributed by atoms with Gasteiger partial charge in [0.15, 0.2) is 5.78 Å². The van der Waals surface area contributed by atoms with Crippen LogP contribution in [0.2, 0.25) is 0 Å². The van der Waals surface area contributed by atoms with E-state index in [1.165, 1.54) is 6.08 Å². The van der Waals surface area contributed by atoms with Crippen LogP contribution in [0.1, 0.15) is 89.7 Å². The SMILES string of the molecule is CCCOc1cc(OC(=O)C(C)(C)C)c(CCC)cc1C=CC(=O)c1ccc(OC(=O)C(C)(C)C)cc1. The van der Waals surface area contributed by atoms with E-state index in [9.17, 15) is 14.4 Å². The average molecular weight is 509 g/mol. The summed E-state index contributed by atoms with van der Waals surface area (Å²) in [4.78, 5) is 37.5. The Labute approximate surface area is 221 Å². The normalized spacial score (nSPS) is 11.9. The van der Waals surface area contributed by atoms with Crippen molar-refractivity contribution in [1.29, 1.82) is 0 Å². The molecule has 0 aliphatic rings. The van der Waals surface area contributed by atoms with Gasteiger partial charge in [-0.2, -0.15) is 0 Å². The molecule has 0 aromatic heterocycles. The van der Waals surface area contributed by atoms with Crippen molar-refractivity contribution in [3.63, 3.8) is 0 Å². The van der Waals surface area contributed by atoms with Gasteiger partial charge in [-0.25, -0.2) is 0 Å². The van der Waals surface area contributed by atoms with Gasteiger partial charge < -0.3 is 14.2 Å². The van der Waals surface area contributed by atoms with Gasteiger partial charge in [0.25, 0.3) is 0 Å². The van der Waals surface area contributed by atoms with Gasteiger partial charge in [0.2, 0.25) is 0 Å². The zero-order valence-electron chi connectivity index (χ0n) is 23.4. The summed E-state index contributed by atoms with van der Waals surface area (Å²) in [5.41, 5.74) is 0.816. The second-order valence-electron chi connectivity index (χ2n) is 11.1. The number of hydrogen-bond donors (Lipinski definition) is 0. The van der Waals surface area contributed by atoms with E-state index in [4.69, 9.17) is 14.2 Å². The first-order valence-corrected chi connectivity index (χ1v) is 12.8. The molecule has 6 heteroatoms. The van der Waals surface area contributed by atoms with Crippen LogP contribution in [0.25, 0.3) is 6.08 Å². The van der Waals surface area contributed by atoms with Crippen molar-refractivity contribution in [3.05, 3.63) is 59.2 Å². The Balaban J connectivity index is 2.32. The molecule has 0 N–H and O–H groups in total. The maximum atomic E-state index is 12.9. The molecule has 0 bridgehead atoms. The first kappa shape index (κ1) is 29.8. The Hall–Kier alpha value is -3.41. The molecule has 37 heavy (non-hydrogen) atoms. The Morgan fingerprint density at radius 3 is 1.92 bits per heavy atom. The molecule has 0 unspecified atom stereocenters. The van der Waals surface area contributed by atoms with E-state index in [0.29, 0.717) is 35.8 Å². The summed E-state index contributed by atoms with van der Waals surface area (Å²) in [6, 6.07) is 10.1. The van der Waals surface area contributed by atoms with Crippen molar-refractivity contribution < 1.29 is 28.6 Å². The van der Waals surface area contributed by atoms with Gasteiger partial charge in [0.05, 0.1) is 17.4 Å². The highest BCUT2D eigenvalue weighted by molar-refractivity contribution is 6.07. The fraction of sp³-hybridized carbons (Fsp3) is 0.452. The van der Waals surface area contributed by atoms with Crippen molar-refractivity contribution >= 4 is 23.8 Å². The summed E-state index contributed by atoms with van der Waals surface area (Å²) in [6.45, 7) is 15.3. The Kier molecular flexibility index (Phi) is 10.2. The van der Waals surface area contributed by atoms with Gasteiger partial charge in [-0.1, -0.05) is 20.3 Å². The number of carbonyl (C=O) groups is 3. The highest BCUT2D eigenvalue weighted by Crippen LogP contribution is 2.33. The molecule has 6 nitrogen and oxygen atoms in total. The third-order valence-corrected chi connectivity index (χ3v) is 5.37. The van der Waals surface area contributed by atoms with Crippen LogP contribution in [0, 0.1) is 10.8 Å². The molecular weight excluding hydrogens is 468 g/mol. The quantitative estimate of drug-likeness (QED) is 0.146. The first-order chi connectivity index (χ1) is 17.3. The van der Waals surface area contributed by atoms with Gasteiger partial charge >= 0.3 is 11.9 Å². The van der Waals surface area contributed by atoms with Crippen LogP contribution in [0.15, 0.2) is 42.5 Å². The third kappa shape index (κ3) is 8.88. The highest BCUT2D eigenvalue weighted by Gasteiger charge is 2.26. The molecule has 0 aliphatic carbocycles. The number of allylic oxidation sites excluding steroid dienone is 1. The van der Waals surface area contributed by atoms with E-state index in [-0.39, 0.29) is 17.7 Å². The van der Waals surface area contributed by atoms with Crippen LogP contribution in [0.3, 0.4) is 0 Å². The maximum Gasteiger partial charge on any atom is 0.316 e. The molecule has 2 rings (SSSR count). The number of aryl methyl sites for hydroxylation is 1. The van der Waals surface area contributed by atoms with Crippen molar-refractivity contribution in [2.24, 2.45) is 10.8 Å². The third-order valence-electron chi connectivity index (χ3n) is 5.37. The lowest BCUT2D eigenvalue weighted by molar-refractivity contribution is -0.143. The van der Waals surface area contributed by atoms with Crippen molar-refractivity contribution in [3.8, 4) is 17.2 Å². The van der Waals surface area contributed by atoms with Crippen molar-refractivity contribution in [2.75, 3.05) is 6.61 Å². The van der Waals surface area contributed by atoms with Crippen LogP contribution in [-0.4, -0.2) is 24.3 Å².